The fourth-order valence-corrected chi connectivity index (χ4v) is 2.38. The molecule has 1 amide bonds. The maximum Gasteiger partial charge on any atom is 0.243 e. The molecule has 0 aliphatic carbocycles. The van der Waals surface area contributed by atoms with Crippen LogP contribution in [-0.2, 0) is 11.4 Å². The van der Waals surface area contributed by atoms with E-state index >= 15 is 0 Å². The topological polar surface area (TPSA) is 50.4 Å². The van der Waals surface area contributed by atoms with Gasteiger partial charge in [0.25, 0.3) is 0 Å². The first-order valence-corrected chi connectivity index (χ1v) is 8.36. The third-order valence-electron chi connectivity index (χ3n) is 3.76. The van der Waals surface area contributed by atoms with Crippen LogP contribution in [0.5, 0.6) is 5.75 Å². The summed E-state index contributed by atoms with van der Waals surface area (Å²) in [5, 5.41) is 5.32. The van der Waals surface area contributed by atoms with E-state index in [1.54, 1.807) is 24.3 Å². The molecule has 3 aromatic carbocycles. The zero-order valence-corrected chi connectivity index (χ0v) is 14.4. The van der Waals surface area contributed by atoms with Crippen LogP contribution in [0.2, 0.25) is 0 Å². The molecule has 4 nitrogen and oxygen atoms in total. The lowest BCUT2D eigenvalue weighted by molar-refractivity contribution is -0.114. The van der Waals surface area contributed by atoms with Crippen molar-refractivity contribution in [2.45, 2.75) is 6.61 Å². The van der Waals surface area contributed by atoms with Crippen LogP contribution in [-0.4, -0.2) is 12.5 Å². The SMILES string of the molecule is O=C(CNc1ccc(OCc2ccccc2)cc1)Nc1ccc(F)cc1F. The number of anilines is 2. The summed E-state index contributed by atoms with van der Waals surface area (Å²) >= 11 is 0. The standard InChI is InChI=1S/C21H18F2N2O2/c22-16-6-11-20(19(23)12-16)25-21(26)13-24-17-7-9-18(10-8-17)27-14-15-4-2-1-3-5-15/h1-12,24H,13-14H2,(H,25,26). The van der Waals surface area contributed by atoms with E-state index < -0.39 is 17.5 Å². The summed E-state index contributed by atoms with van der Waals surface area (Å²) < 4.78 is 32.1. The molecule has 3 rings (SSSR count). The maximum atomic E-state index is 13.5. The molecule has 0 atom stereocenters. The Labute approximate surface area is 155 Å². The minimum atomic E-state index is -0.816. The molecule has 0 heterocycles. The normalized spacial score (nSPS) is 10.3. The lowest BCUT2D eigenvalue weighted by Crippen LogP contribution is -2.22. The Morgan fingerprint density at radius 3 is 2.37 bits per heavy atom. The lowest BCUT2D eigenvalue weighted by Gasteiger charge is -2.10. The second-order valence-electron chi connectivity index (χ2n) is 5.82. The summed E-state index contributed by atoms with van der Waals surface area (Å²) in [5.74, 6) is -1.24. The molecule has 0 aromatic heterocycles. The van der Waals surface area contributed by atoms with E-state index in [1.165, 1.54) is 6.07 Å². The summed E-state index contributed by atoms with van der Waals surface area (Å²) in [7, 11) is 0. The Balaban J connectivity index is 1.47. The van der Waals surface area contributed by atoms with Gasteiger partial charge in [-0.3, -0.25) is 4.79 Å². The minimum Gasteiger partial charge on any atom is -0.489 e. The van der Waals surface area contributed by atoms with Crippen molar-refractivity contribution in [3.63, 3.8) is 0 Å². The van der Waals surface area contributed by atoms with Gasteiger partial charge in [0.2, 0.25) is 5.91 Å². The third-order valence-corrected chi connectivity index (χ3v) is 3.76. The van der Waals surface area contributed by atoms with E-state index in [-0.39, 0.29) is 12.2 Å². The summed E-state index contributed by atoms with van der Waals surface area (Å²) in [6.07, 6.45) is 0. The van der Waals surface area contributed by atoms with Gasteiger partial charge in [0, 0.05) is 11.8 Å². The van der Waals surface area contributed by atoms with Crippen molar-refractivity contribution in [2.75, 3.05) is 17.2 Å². The summed E-state index contributed by atoms with van der Waals surface area (Å²) in [6.45, 7) is 0.417. The molecule has 0 aliphatic heterocycles. The second kappa shape index (κ2) is 8.80. The van der Waals surface area contributed by atoms with Crippen LogP contribution < -0.4 is 15.4 Å². The second-order valence-corrected chi connectivity index (χ2v) is 5.82. The molecule has 2 N–H and O–H groups in total. The number of halogens is 2. The molecule has 0 bridgehead atoms. The average molecular weight is 368 g/mol. The highest BCUT2D eigenvalue weighted by atomic mass is 19.1. The van der Waals surface area contributed by atoms with Gasteiger partial charge >= 0.3 is 0 Å². The Bertz CT molecular complexity index is 900. The van der Waals surface area contributed by atoms with E-state index in [0.717, 1.165) is 23.4 Å². The summed E-state index contributed by atoms with van der Waals surface area (Å²) in [5.41, 5.74) is 1.73. The largest absolute Gasteiger partial charge is 0.489 e. The fourth-order valence-electron chi connectivity index (χ4n) is 2.38. The van der Waals surface area contributed by atoms with Gasteiger partial charge in [-0.25, -0.2) is 8.78 Å². The van der Waals surface area contributed by atoms with Crippen molar-refractivity contribution in [2.24, 2.45) is 0 Å². The number of ether oxygens (including phenoxy) is 1. The molecule has 0 radical (unpaired) electrons. The van der Waals surface area contributed by atoms with Crippen LogP contribution in [0.1, 0.15) is 5.56 Å². The molecule has 0 unspecified atom stereocenters. The monoisotopic (exact) mass is 368 g/mol. The van der Waals surface area contributed by atoms with Crippen LogP contribution in [0.4, 0.5) is 20.2 Å². The van der Waals surface area contributed by atoms with Crippen molar-refractivity contribution < 1.29 is 18.3 Å². The van der Waals surface area contributed by atoms with Gasteiger partial charge < -0.3 is 15.4 Å². The van der Waals surface area contributed by atoms with E-state index in [9.17, 15) is 13.6 Å². The number of rotatable bonds is 7. The Morgan fingerprint density at radius 2 is 1.67 bits per heavy atom. The summed E-state index contributed by atoms with van der Waals surface area (Å²) in [6, 6.07) is 20.0. The molecule has 0 fully saturated rings. The Hall–Kier alpha value is -3.41. The van der Waals surface area contributed by atoms with Gasteiger partial charge in [0.05, 0.1) is 12.2 Å². The molecule has 6 heteroatoms. The van der Waals surface area contributed by atoms with Crippen molar-refractivity contribution in [1.29, 1.82) is 0 Å². The van der Waals surface area contributed by atoms with E-state index in [0.29, 0.717) is 12.4 Å². The van der Waals surface area contributed by atoms with Crippen molar-refractivity contribution in [3.05, 3.63) is 90.0 Å². The predicted octanol–water partition coefficient (Wildman–Crippen LogP) is 4.59. The van der Waals surface area contributed by atoms with Gasteiger partial charge in [-0.05, 0) is 42.0 Å². The van der Waals surface area contributed by atoms with Crippen molar-refractivity contribution in [3.8, 4) is 5.75 Å². The highest BCUT2D eigenvalue weighted by Crippen LogP contribution is 2.18. The number of benzene rings is 3. The van der Waals surface area contributed by atoms with Crippen LogP contribution in [0.15, 0.2) is 72.8 Å². The molecule has 27 heavy (non-hydrogen) atoms. The highest BCUT2D eigenvalue weighted by Gasteiger charge is 2.08. The smallest absolute Gasteiger partial charge is 0.243 e. The number of carbonyl (C=O) groups is 1. The van der Waals surface area contributed by atoms with Gasteiger partial charge in [-0.2, -0.15) is 0 Å². The number of hydrogen-bond acceptors (Lipinski definition) is 3. The molecule has 0 spiro atoms. The molecule has 0 saturated carbocycles. The van der Waals surface area contributed by atoms with E-state index in [4.69, 9.17) is 4.74 Å². The van der Waals surface area contributed by atoms with Gasteiger partial charge in [-0.15, -0.1) is 0 Å². The third kappa shape index (κ3) is 5.54. The molecular weight excluding hydrogens is 350 g/mol. The van der Waals surface area contributed by atoms with Crippen LogP contribution in [0.3, 0.4) is 0 Å². The number of carbonyl (C=O) groups excluding carboxylic acids is 1. The molecule has 138 valence electrons. The number of amides is 1. The highest BCUT2D eigenvalue weighted by molar-refractivity contribution is 5.93. The zero-order valence-electron chi connectivity index (χ0n) is 14.4. The molecule has 0 aliphatic rings. The zero-order chi connectivity index (χ0) is 19.1. The van der Waals surface area contributed by atoms with Crippen LogP contribution >= 0.6 is 0 Å². The van der Waals surface area contributed by atoms with Gasteiger partial charge in [0.15, 0.2) is 0 Å². The van der Waals surface area contributed by atoms with Crippen LogP contribution in [0.25, 0.3) is 0 Å². The first kappa shape index (κ1) is 18.4. The average Bonchev–Trinajstić information content (AvgIpc) is 2.68. The van der Waals surface area contributed by atoms with E-state index in [1.807, 2.05) is 30.3 Å². The number of nitrogens with one attached hydrogen (secondary N) is 2. The predicted molar refractivity (Wildman–Crippen MR) is 101 cm³/mol. The van der Waals surface area contributed by atoms with Gasteiger partial charge in [0.1, 0.15) is 24.0 Å². The molecule has 3 aromatic rings. The van der Waals surface area contributed by atoms with Crippen molar-refractivity contribution >= 4 is 17.3 Å². The maximum absolute atomic E-state index is 13.5. The summed E-state index contributed by atoms with van der Waals surface area (Å²) in [4.78, 5) is 11.9. The first-order chi connectivity index (χ1) is 13.1. The minimum absolute atomic E-state index is 0.0545. The lowest BCUT2D eigenvalue weighted by atomic mass is 10.2. The van der Waals surface area contributed by atoms with Gasteiger partial charge in [-0.1, -0.05) is 30.3 Å². The van der Waals surface area contributed by atoms with E-state index in [2.05, 4.69) is 10.6 Å². The molecule has 0 saturated heterocycles. The molecular formula is C21H18F2N2O2. The first-order valence-electron chi connectivity index (χ1n) is 8.36. The quantitative estimate of drug-likeness (QED) is 0.641. The fraction of sp³-hybridized carbons (Fsp3) is 0.0952. The van der Waals surface area contributed by atoms with Crippen LogP contribution in [0, 0.1) is 11.6 Å². The number of hydrogen-bond donors (Lipinski definition) is 2. The Morgan fingerprint density at radius 1 is 0.926 bits per heavy atom. The van der Waals surface area contributed by atoms with Crippen molar-refractivity contribution in [1.82, 2.24) is 0 Å². The Kier molecular flexibility index (Phi) is 5.99.